The van der Waals surface area contributed by atoms with Gasteiger partial charge in [-0.1, -0.05) is 30.1 Å². The van der Waals surface area contributed by atoms with Crippen molar-refractivity contribution in [2.24, 2.45) is 5.92 Å². The number of carbonyl (C=O) groups excluding carboxylic acids is 1. The summed E-state index contributed by atoms with van der Waals surface area (Å²) in [5.41, 5.74) is 0.378. The van der Waals surface area contributed by atoms with Crippen LogP contribution in [0.15, 0.2) is 16.6 Å². The first-order valence-electron chi connectivity index (χ1n) is 5.74. The molecule has 8 heteroatoms. The fourth-order valence-corrected chi connectivity index (χ4v) is 2.14. The van der Waals surface area contributed by atoms with Crippen LogP contribution in [0.2, 0.25) is 10.0 Å². The highest BCUT2D eigenvalue weighted by Crippen LogP contribution is 2.35. The first kappa shape index (κ1) is 17.1. The normalized spacial score (nSPS) is 11.8. The zero-order chi connectivity index (χ0) is 15.3. The standard InChI is InChI=1S/C12H13BrCl2N2O3/c1-6(11(18)19)4-5-16-12(20)17-8-3-2-7(13)9(14)10(8)15/h2-3,6H,4-5H2,1H3,(H,18,19)(H2,16,17,20). The van der Waals surface area contributed by atoms with Gasteiger partial charge in [-0.25, -0.2) is 4.79 Å². The lowest BCUT2D eigenvalue weighted by Gasteiger charge is -2.11. The third-order valence-corrected chi connectivity index (χ3v) is 4.34. The molecule has 0 saturated heterocycles. The number of carboxylic acids is 1. The van der Waals surface area contributed by atoms with Gasteiger partial charge in [-0.15, -0.1) is 0 Å². The fourth-order valence-electron chi connectivity index (χ4n) is 1.31. The number of carbonyl (C=O) groups is 2. The van der Waals surface area contributed by atoms with E-state index in [2.05, 4.69) is 26.6 Å². The van der Waals surface area contributed by atoms with Crippen molar-refractivity contribution in [1.29, 1.82) is 0 Å². The van der Waals surface area contributed by atoms with Gasteiger partial charge < -0.3 is 15.7 Å². The van der Waals surface area contributed by atoms with Gasteiger partial charge in [0, 0.05) is 11.0 Å². The number of aliphatic carboxylic acids is 1. The predicted octanol–water partition coefficient (Wildman–Crippen LogP) is 3.99. The van der Waals surface area contributed by atoms with Crippen molar-refractivity contribution in [2.75, 3.05) is 11.9 Å². The van der Waals surface area contributed by atoms with E-state index in [1.54, 1.807) is 19.1 Å². The number of carboxylic acid groups (broad SMARTS) is 1. The largest absolute Gasteiger partial charge is 0.481 e. The highest BCUT2D eigenvalue weighted by atomic mass is 79.9. The molecule has 1 unspecified atom stereocenters. The molecule has 1 aromatic carbocycles. The highest BCUT2D eigenvalue weighted by Gasteiger charge is 2.13. The predicted molar refractivity (Wildman–Crippen MR) is 82.6 cm³/mol. The molecule has 5 nitrogen and oxygen atoms in total. The molecule has 2 amide bonds. The number of nitrogens with one attached hydrogen (secondary N) is 2. The van der Waals surface area contributed by atoms with Crippen molar-refractivity contribution in [2.45, 2.75) is 13.3 Å². The lowest BCUT2D eigenvalue weighted by atomic mass is 10.1. The summed E-state index contributed by atoms with van der Waals surface area (Å²) in [4.78, 5) is 22.2. The molecular weight excluding hydrogens is 371 g/mol. The van der Waals surface area contributed by atoms with Crippen LogP contribution in [-0.4, -0.2) is 23.7 Å². The maximum atomic E-state index is 11.6. The minimum absolute atomic E-state index is 0.232. The van der Waals surface area contributed by atoms with Crippen molar-refractivity contribution in [1.82, 2.24) is 5.32 Å². The Kier molecular flexibility index (Phi) is 6.58. The van der Waals surface area contributed by atoms with Gasteiger partial charge in [-0.3, -0.25) is 4.79 Å². The minimum atomic E-state index is -0.894. The second kappa shape index (κ2) is 7.71. The molecule has 3 N–H and O–H groups in total. The minimum Gasteiger partial charge on any atom is -0.481 e. The lowest BCUT2D eigenvalue weighted by molar-refractivity contribution is -0.141. The Labute approximate surface area is 134 Å². The average molecular weight is 384 g/mol. The molecule has 20 heavy (non-hydrogen) atoms. The van der Waals surface area contributed by atoms with Crippen molar-refractivity contribution in [3.8, 4) is 0 Å². The zero-order valence-corrected chi connectivity index (χ0v) is 13.6. The third-order valence-electron chi connectivity index (χ3n) is 2.57. The van der Waals surface area contributed by atoms with Gasteiger partial charge in [0.15, 0.2) is 0 Å². The van der Waals surface area contributed by atoms with Crippen molar-refractivity contribution in [3.63, 3.8) is 0 Å². The molecule has 0 saturated carbocycles. The third kappa shape index (κ3) is 4.85. The molecular formula is C12H13BrCl2N2O3. The molecule has 0 aliphatic rings. The summed E-state index contributed by atoms with van der Waals surface area (Å²) in [7, 11) is 0. The quantitative estimate of drug-likeness (QED) is 0.672. The summed E-state index contributed by atoms with van der Waals surface area (Å²) in [6.45, 7) is 1.83. The van der Waals surface area contributed by atoms with Crippen LogP contribution in [0.5, 0.6) is 0 Å². The molecule has 1 atom stereocenters. The smallest absolute Gasteiger partial charge is 0.319 e. The summed E-state index contributed by atoms with van der Waals surface area (Å²) in [5.74, 6) is -1.41. The van der Waals surface area contributed by atoms with Gasteiger partial charge in [0.2, 0.25) is 0 Å². The van der Waals surface area contributed by atoms with Crippen LogP contribution in [0.25, 0.3) is 0 Å². The summed E-state index contributed by atoms with van der Waals surface area (Å²) >= 11 is 15.1. The number of urea groups is 1. The van der Waals surface area contributed by atoms with Gasteiger partial charge >= 0.3 is 12.0 Å². The van der Waals surface area contributed by atoms with E-state index in [4.69, 9.17) is 28.3 Å². The molecule has 0 fully saturated rings. The second-order valence-electron chi connectivity index (χ2n) is 4.13. The Bertz CT molecular complexity index is 526. The van der Waals surface area contributed by atoms with Gasteiger partial charge in [-0.2, -0.15) is 0 Å². The van der Waals surface area contributed by atoms with Gasteiger partial charge in [-0.05, 0) is 34.5 Å². The van der Waals surface area contributed by atoms with Crippen LogP contribution >= 0.6 is 39.1 Å². The number of halogens is 3. The van der Waals surface area contributed by atoms with E-state index in [9.17, 15) is 9.59 Å². The molecule has 0 aromatic heterocycles. The molecule has 0 aliphatic carbocycles. The van der Waals surface area contributed by atoms with Gasteiger partial charge in [0.1, 0.15) is 0 Å². The van der Waals surface area contributed by atoms with Crippen LogP contribution in [0, 0.1) is 5.92 Å². The Balaban J connectivity index is 2.51. The Hall–Kier alpha value is -0.980. The zero-order valence-electron chi connectivity index (χ0n) is 10.5. The van der Waals surface area contributed by atoms with Crippen molar-refractivity contribution < 1.29 is 14.7 Å². The van der Waals surface area contributed by atoms with E-state index >= 15 is 0 Å². The van der Waals surface area contributed by atoms with Crippen LogP contribution in [0.3, 0.4) is 0 Å². The van der Waals surface area contributed by atoms with Gasteiger partial charge in [0.25, 0.3) is 0 Å². The summed E-state index contributed by atoms with van der Waals surface area (Å²) in [6, 6.07) is 2.80. The van der Waals surface area contributed by atoms with Crippen molar-refractivity contribution >= 4 is 56.8 Å². The number of rotatable bonds is 5. The maximum absolute atomic E-state index is 11.6. The highest BCUT2D eigenvalue weighted by molar-refractivity contribution is 9.10. The number of benzene rings is 1. The first-order chi connectivity index (χ1) is 9.32. The lowest BCUT2D eigenvalue weighted by Crippen LogP contribution is -2.31. The maximum Gasteiger partial charge on any atom is 0.319 e. The molecule has 1 aromatic rings. The van der Waals surface area contributed by atoms with Crippen molar-refractivity contribution in [3.05, 3.63) is 26.7 Å². The van der Waals surface area contributed by atoms with E-state index in [1.807, 2.05) is 0 Å². The van der Waals surface area contributed by atoms with E-state index in [-0.39, 0.29) is 11.6 Å². The second-order valence-corrected chi connectivity index (χ2v) is 5.74. The molecule has 1 rings (SSSR count). The van der Waals surface area contributed by atoms with Crippen LogP contribution < -0.4 is 10.6 Å². The van der Waals surface area contributed by atoms with Crippen LogP contribution in [0.1, 0.15) is 13.3 Å². The summed E-state index contributed by atoms with van der Waals surface area (Å²) < 4.78 is 0.630. The molecule has 0 heterocycles. The number of anilines is 1. The van der Waals surface area contributed by atoms with E-state index < -0.39 is 17.9 Å². The monoisotopic (exact) mass is 382 g/mol. The Morgan fingerprint density at radius 3 is 2.60 bits per heavy atom. The SMILES string of the molecule is CC(CCNC(=O)Nc1ccc(Br)c(Cl)c1Cl)C(=O)O. The van der Waals surface area contributed by atoms with E-state index in [1.165, 1.54) is 0 Å². The topological polar surface area (TPSA) is 78.4 Å². The molecule has 0 spiro atoms. The summed E-state index contributed by atoms with van der Waals surface area (Å²) in [6.07, 6.45) is 0.345. The van der Waals surface area contributed by atoms with Crippen LogP contribution in [0.4, 0.5) is 10.5 Å². The van der Waals surface area contributed by atoms with E-state index in [0.717, 1.165) is 0 Å². The molecule has 110 valence electrons. The number of amides is 2. The molecule has 0 bridgehead atoms. The average Bonchev–Trinajstić information content (AvgIpc) is 2.39. The molecule has 0 radical (unpaired) electrons. The summed E-state index contributed by atoms with van der Waals surface area (Å²) in [5, 5.41) is 14.3. The van der Waals surface area contributed by atoms with E-state index in [0.29, 0.717) is 21.6 Å². The first-order valence-corrected chi connectivity index (χ1v) is 7.29. The van der Waals surface area contributed by atoms with Crippen LogP contribution in [-0.2, 0) is 4.79 Å². The van der Waals surface area contributed by atoms with Gasteiger partial charge in [0.05, 0.1) is 21.7 Å². The Morgan fingerprint density at radius 2 is 2.00 bits per heavy atom. The fraction of sp³-hybridized carbons (Fsp3) is 0.333. The molecule has 0 aliphatic heterocycles. The Morgan fingerprint density at radius 1 is 1.35 bits per heavy atom. The number of hydrogen-bond acceptors (Lipinski definition) is 2. The number of hydrogen-bond donors (Lipinski definition) is 3.